The molecule has 5 aromatic carbocycles. The van der Waals surface area contributed by atoms with Gasteiger partial charge in [-0.3, -0.25) is 9.59 Å². The molecule has 1 fully saturated rings. The van der Waals surface area contributed by atoms with Crippen molar-refractivity contribution in [1.29, 1.82) is 0 Å². The monoisotopic (exact) mass is 758 g/mol. The maximum absolute atomic E-state index is 12.7. The Bertz CT molecular complexity index is 2060. The lowest BCUT2D eigenvalue weighted by molar-refractivity contribution is -0.252. The van der Waals surface area contributed by atoms with Crippen LogP contribution in [0.15, 0.2) is 121 Å². The van der Waals surface area contributed by atoms with Crippen LogP contribution < -0.4 is 16.4 Å². The number of amides is 2. The number of aromatic hydroxyl groups is 1. The van der Waals surface area contributed by atoms with Gasteiger partial charge in [0.2, 0.25) is 11.8 Å². The van der Waals surface area contributed by atoms with E-state index in [2.05, 4.69) is 10.6 Å². The standard InChI is InChI=1S/C45H50N4O7/c1-49(28-41(52)34-9-6-10-36(51)24-34)27-37-25-42(32-18-16-30(29-50)17-19-32)56-45(55-37)33-22-20-31(21-23-33)38-11-3-2-8-35(38)26-47-43(53)14-7-15-44(54)48-40-13-5-4-12-39(40)46/h2-6,8-13,16-24,37,41-42,45,50-52H,7,14-15,25-29,46H2,1H3,(H,47,53)(H,48,54)/t37-,41+,42+,45+/m0/s1. The zero-order valence-corrected chi connectivity index (χ0v) is 31.5. The highest BCUT2D eigenvalue weighted by atomic mass is 16.7. The molecule has 2 amide bonds. The first-order chi connectivity index (χ1) is 27.1. The molecular weight excluding hydrogens is 709 g/mol. The molecule has 11 heteroatoms. The number of anilines is 2. The molecule has 0 aliphatic carbocycles. The van der Waals surface area contributed by atoms with Gasteiger partial charge in [0.15, 0.2) is 6.29 Å². The minimum atomic E-state index is -0.785. The van der Waals surface area contributed by atoms with Crippen molar-refractivity contribution in [2.75, 3.05) is 31.2 Å². The maximum atomic E-state index is 12.7. The third-order valence-electron chi connectivity index (χ3n) is 9.90. The van der Waals surface area contributed by atoms with Crippen LogP contribution in [0.25, 0.3) is 11.1 Å². The van der Waals surface area contributed by atoms with E-state index in [1.54, 1.807) is 48.5 Å². The van der Waals surface area contributed by atoms with Gasteiger partial charge in [-0.25, -0.2) is 0 Å². The second-order valence-corrected chi connectivity index (χ2v) is 14.2. The summed E-state index contributed by atoms with van der Waals surface area (Å²) in [6.07, 6.45) is -0.506. The number of phenols is 1. The van der Waals surface area contributed by atoms with Gasteiger partial charge in [0.25, 0.3) is 0 Å². The van der Waals surface area contributed by atoms with Crippen LogP contribution in [-0.4, -0.2) is 58.3 Å². The third-order valence-corrected chi connectivity index (χ3v) is 9.90. The number of para-hydroxylation sites is 2. The number of likely N-dealkylation sites (N-methyl/N-ethyl adjacent to an activating group) is 1. The number of nitrogens with zero attached hydrogens (tertiary/aromatic N) is 1. The molecule has 0 radical (unpaired) electrons. The van der Waals surface area contributed by atoms with E-state index in [0.29, 0.717) is 49.4 Å². The van der Waals surface area contributed by atoms with Crippen LogP contribution in [0.5, 0.6) is 5.75 Å². The highest BCUT2D eigenvalue weighted by Gasteiger charge is 2.33. The molecule has 0 spiro atoms. The number of benzene rings is 5. The molecule has 6 rings (SSSR count). The number of carbonyl (C=O) groups is 2. The Hall–Kier alpha value is -5.56. The smallest absolute Gasteiger partial charge is 0.224 e. The molecule has 0 unspecified atom stereocenters. The van der Waals surface area contributed by atoms with Crippen molar-refractivity contribution in [2.45, 2.75) is 63.4 Å². The van der Waals surface area contributed by atoms with Crippen LogP contribution in [0.4, 0.5) is 11.4 Å². The summed E-state index contributed by atoms with van der Waals surface area (Å²) in [4.78, 5) is 27.1. The largest absolute Gasteiger partial charge is 0.508 e. The average Bonchev–Trinajstić information content (AvgIpc) is 3.21. The quantitative estimate of drug-likeness (QED) is 0.0596. The normalized spacial score (nSPS) is 17.3. The second kappa shape index (κ2) is 19.3. The Kier molecular flexibility index (Phi) is 13.9. The number of hydrogen-bond acceptors (Lipinski definition) is 9. The molecule has 1 aliphatic rings. The fourth-order valence-electron chi connectivity index (χ4n) is 6.88. The Morgan fingerprint density at radius 3 is 2.32 bits per heavy atom. The summed E-state index contributed by atoms with van der Waals surface area (Å²) in [5, 5.41) is 36.1. The molecule has 4 atom stereocenters. The van der Waals surface area contributed by atoms with Crippen molar-refractivity contribution in [2.24, 2.45) is 0 Å². The number of aliphatic hydroxyl groups excluding tert-OH is 2. The molecule has 292 valence electrons. The summed E-state index contributed by atoms with van der Waals surface area (Å²) in [6, 6.07) is 37.4. The van der Waals surface area contributed by atoms with Gasteiger partial charge in [-0.1, -0.05) is 97.1 Å². The van der Waals surface area contributed by atoms with Gasteiger partial charge < -0.3 is 46.1 Å². The van der Waals surface area contributed by atoms with Crippen molar-refractivity contribution in [3.8, 4) is 16.9 Å². The van der Waals surface area contributed by atoms with E-state index < -0.39 is 12.4 Å². The Morgan fingerprint density at radius 1 is 0.857 bits per heavy atom. The number of rotatable bonds is 16. The maximum Gasteiger partial charge on any atom is 0.224 e. The van der Waals surface area contributed by atoms with Gasteiger partial charge in [0.05, 0.1) is 36.3 Å². The van der Waals surface area contributed by atoms with Crippen molar-refractivity contribution in [3.63, 3.8) is 0 Å². The third kappa shape index (κ3) is 11.0. The topological polar surface area (TPSA) is 167 Å². The van der Waals surface area contributed by atoms with E-state index in [-0.39, 0.29) is 49.2 Å². The second-order valence-electron chi connectivity index (χ2n) is 14.2. The minimum Gasteiger partial charge on any atom is -0.508 e. The van der Waals surface area contributed by atoms with E-state index in [0.717, 1.165) is 33.4 Å². The molecule has 11 nitrogen and oxygen atoms in total. The van der Waals surface area contributed by atoms with E-state index in [1.165, 1.54) is 0 Å². The number of nitrogens with one attached hydrogen (secondary N) is 2. The van der Waals surface area contributed by atoms with Gasteiger partial charge in [0, 0.05) is 44.5 Å². The minimum absolute atomic E-state index is 0.0411. The molecule has 1 saturated heterocycles. The Labute approximate surface area is 327 Å². The first-order valence-corrected chi connectivity index (χ1v) is 18.9. The van der Waals surface area contributed by atoms with Crippen molar-refractivity contribution >= 4 is 23.2 Å². The Balaban J connectivity index is 1.08. The number of hydrogen-bond donors (Lipinski definition) is 6. The summed E-state index contributed by atoms with van der Waals surface area (Å²) < 4.78 is 13.1. The fraction of sp³-hybridized carbons (Fsp3) is 0.289. The average molecular weight is 759 g/mol. The SMILES string of the molecule is CN(C[C@@H]1C[C@H](c2ccc(CO)cc2)O[C@H](c2ccc(-c3ccccc3CNC(=O)CCCC(=O)Nc3ccccc3N)cc2)O1)C[C@@H](O)c1cccc(O)c1. The number of nitrogen functional groups attached to an aromatic ring is 1. The highest BCUT2D eigenvalue weighted by molar-refractivity contribution is 5.94. The van der Waals surface area contributed by atoms with Crippen molar-refractivity contribution in [3.05, 3.63) is 149 Å². The lowest BCUT2D eigenvalue weighted by Crippen LogP contribution is -2.39. The first-order valence-electron chi connectivity index (χ1n) is 18.9. The molecule has 0 bridgehead atoms. The molecule has 0 saturated carbocycles. The molecular formula is C45H50N4O7. The van der Waals surface area contributed by atoms with Crippen molar-refractivity contribution < 1.29 is 34.4 Å². The molecule has 56 heavy (non-hydrogen) atoms. The van der Waals surface area contributed by atoms with Gasteiger partial charge in [0.1, 0.15) is 5.75 Å². The molecule has 1 heterocycles. The van der Waals surface area contributed by atoms with E-state index in [1.807, 2.05) is 84.7 Å². The summed E-state index contributed by atoms with van der Waals surface area (Å²) in [6.45, 7) is 1.18. The van der Waals surface area contributed by atoms with Gasteiger partial charge in [-0.2, -0.15) is 0 Å². The van der Waals surface area contributed by atoms with E-state index in [4.69, 9.17) is 15.2 Å². The zero-order valence-electron chi connectivity index (χ0n) is 31.5. The lowest BCUT2D eigenvalue weighted by atomic mass is 9.97. The predicted octanol–water partition coefficient (Wildman–Crippen LogP) is 6.77. The van der Waals surface area contributed by atoms with E-state index >= 15 is 0 Å². The fourth-order valence-corrected chi connectivity index (χ4v) is 6.88. The number of carbonyl (C=O) groups excluding carboxylic acids is 2. The van der Waals surface area contributed by atoms with Crippen molar-refractivity contribution in [1.82, 2.24) is 10.2 Å². The molecule has 7 N–H and O–H groups in total. The number of ether oxygens (including phenoxy) is 2. The van der Waals surface area contributed by atoms with Gasteiger partial charge in [-0.05, 0) is 71.1 Å². The highest BCUT2D eigenvalue weighted by Crippen LogP contribution is 2.39. The molecule has 5 aromatic rings. The van der Waals surface area contributed by atoms with Crippen LogP contribution in [0.3, 0.4) is 0 Å². The van der Waals surface area contributed by atoms with E-state index in [9.17, 15) is 24.9 Å². The molecule has 1 aliphatic heterocycles. The summed E-state index contributed by atoms with van der Waals surface area (Å²) in [5.74, 6) is -0.217. The van der Waals surface area contributed by atoms with Crippen LogP contribution >= 0.6 is 0 Å². The Morgan fingerprint density at radius 2 is 1.57 bits per heavy atom. The summed E-state index contributed by atoms with van der Waals surface area (Å²) in [7, 11) is 1.93. The van der Waals surface area contributed by atoms with Crippen LogP contribution in [0.2, 0.25) is 0 Å². The number of nitrogens with two attached hydrogens (primary N) is 1. The lowest BCUT2D eigenvalue weighted by Gasteiger charge is -2.38. The number of aliphatic hydroxyl groups is 2. The first kappa shape index (κ1) is 40.1. The number of phenolic OH excluding ortho intramolecular Hbond substituents is 1. The zero-order chi connectivity index (χ0) is 39.4. The summed E-state index contributed by atoms with van der Waals surface area (Å²) in [5.41, 5.74) is 13.2. The van der Waals surface area contributed by atoms with Crippen LogP contribution in [0, 0.1) is 0 Å². The predicted molar refractivity (Wildman–Crippen MR) is 216 cm³/mol. The van der Waals surface area contributed by atoms with Crippen LogP contribution in [0.1, 0.15) is 72.0 Å². The van der Waals surface area contributed by atoms with Gasteiger partial charge in [-0.15, -0.1) is 0 Å². The molecule has 0 aromatic heterocycles. The summed E-state index contributed by atoms with van der Waals surface area (Å²) >= 11 is 0. The van der Waals surface area contributed by atoms with Crippen LogP contribution in [-0.2, 0) is 32.2 Å². The van der Waals surface area contributed by atoms with Gasteiger partial charge >= 0.3 is 0 Å².